The molecule has 106 valence electrons. The maximum absolute atomic E-state index is 12.1. The number of aromatic nitrogens is 2. The van der Waals surface area contributed by atoms with Crippen molar-refractivity contribution < 1.29 is 8.42 Å². The van der Waals surface area contributed by atoms with Crippen molar-refractivity contribution in [2.24, 2.45) is 0 Å². The van der Waals surface area contributed by atoms with Gasteiger partial charge in [0.15, 0.2) is 0 Å². The van der Waals surface area contributed by atoms with Crippen molar-refractivity contribution in [3.8, 4) is 0 Å². The van der Waals surface area contributed by atoms with Crippen molar-refractivity contribution in [1.29, 1.82) is 0 Å². The molecule has 0 amide bonds. The Bertz CT molecular complexity index is 698. The standard InChI is InChI=1S/C12H15N5O2S/c1-17(2)11-7-8-14-12(15-11)16-20(18,19)10-5-3-9(13)4-6-10/h3-8H,13H2,1-2H3,(H,14,15,16). The van der Waals surface area contributed by atoms with Crippen LogP contribution in [0.3, 0.4) is 0 Å². The summed E-state index contributed by atoms with van der Waals surface area (Å²) >= 11 is 0. The molecule has 3 N–H and O–H groups in total. The number of anilines is 3. The van der Waals surface area contributed by atoms with Crippen molar-refractivity contribution in [2.75, 3.05) is 29.5 Å². The van der Waals surface area contributed by atoms with Crippen LogP contribution >= 0.6 is 0 Å². The van der Waals surface area contributed by atoms with Crippen LogP contribution in [-0.4, -0.2) is 32.5 Å². The van der Waals surface area contributed by atoms with Crippen molar-refractivity contribution in [3.05, 3.63) is 36.5 Å². The monoisotopic (exact) mass is 293 g/mol. The third-order valence-electron chi connectivity index (χ3n) is 2.52. The Balaban J connectivity index is 2.28. The van der Waals surface area contributed by atoms with Gasteiger partial charge in [0.2, 0.25) is 5.95 Å². The number of nitrogens with zero attached hydrogens (tertiary/aromatic N) is 3. The van der Waals surface area contributed by atoms with Crippen LogP contribution in [0.15, 0.2) is 41.4 Å². The van der Waals surface area contributed by atoms with Crippen LogP contribution in [0.1, 0.15) is 0 Å². The smallest absolute Gasteiger partial charge is 0.264 e. The number of hydrogen-bond donors (Lipinski definition) is 2. The maximum Gasteiger partial charge on any atom is 0.264 e. The summed E-state index contributed by atoms with van der Waals surface area (Å²) < 4.78 is 26.6. The molecule has 0 radical (unpaired) electrons. The molecule has 0 aliphatic heterocycles. The first-order valence-corrected chi connectivity index (χ1v) is 7.25. The molecule has 1 aromatic carbocycles. The van der Waals surface area contributed by atoms with E-state index in [0.717, 1.165) is 0 Å². The second kappa shape index (κ2) is 5.33. The molecule has 20 heavy (non-hydrogen) atoms. The normalized spacial score (nSPS) is 11.1. The average molecular weight is 293 g/mol. The van der Waals surface area contributed by atoms with Gasteiger partial charge in [-0.05, 0) is 30.3 Å². The van der Waals surface area contributed by atoms with E-state index in [9.17, 15) is 8.42 Å². The number of nitrogens with one attached hydrogen (secondary N) is 1. The lowest BCUT2D eigenvalue weighted by Gasteiger charge is -2.12. The van der Waals surface area contributed by atoms with E-state index < -0.39 is 10.0 Å². The van der Waals surface area contributed by atoms with Gasteiger partial charge in [0.25, 0.3) is 10.0 Å². The summed E-state index contributed by atoms with van der Waals surface area (Å²) in [6.45, 7) is 0. The van der Waals surface area contributed by atoms with E-state index in [1.54, 1.807) is 25.1 Å². The fourth-order valence-corrected chi connectivity index (χ4v) is 2.42. The Labute approximate surface area is 117 Å². The minimum atomic E-state index is -3.72. The lowest BCUT2D eigenvalue weighted by molar-refractivity contribution is 0.601. The molecule has 0 bridgehead atoms. The van der Waals surface area contributed by atoms with Crippen molar-refractivity contribution >= 4 is 27.5 Å². The average Bonchev–Trinajstić information content (AvgIpc) is 2.39. The number of hydrogen-bond acceptors (Lipinski definition) is 6. The molecular formula is C12H15N5O2S. The second-order valence-corrected chi connectivity index (χ2v) is 5.99. The zero-order valence-corrected chi connectivity index (χ0v) is 11.9. The molecule has 0 saturated carbocycles. The molecule has 0 saturated heterocycles. The van der Waals surface area contributed by atoms with E-state index >= 15 is 0 Å². The number of rotatable bonds is 4. The molecule has 0 atom stereocenters. The zero-order valence-electron chi connectivity index (χ0n) is 11.1. The predicted molar refractivity (Wildman–Crippen MR) is 78.0 cm³/mol. The van der Waals surface area contributed by atoms with Crippen LogP contribution in [0.4, 0.5) is 17.5 Å². The summed E-state index contributed by atoms with van der Waals surface area (Å²) in [5.74, 6) is 0.628. The van der Waals surface area contributed by atoms with Gasteiger partial charge in [-0.25, -0.2) is 18.1 Å². The molecule has 0 unspecified atom stereocenters. The second-order valence-electron chi connectivity index (χ2n) is 4.31. The van der Waals surface area contributed by atoms with Gasteiger partial charge in [0.05, 0.1) is 4.90 Å². The molecule has 0 fully saturated rings. The highest BCUT2D eigenvalue weighted by atomic mass is 32.2. The first-order chi connectivity index (χ1) is 9.38. The Kier molecular flexibility index (Phi) is 3.75. The van der Waals surface area contributed by atoms with Crippen LogP contribution < -0.4 is 15.4 Å². The maximum atomic E-state index is 12.1. The van der Waals surface area contributed by atoms with Crippen LogP contribution in [-0.2, 0) is 10.0 Å². The Morgan fingerprint density at radius 3 is 2.40 bits per heavy atom. The third-order valence-corrected chi connectivity index (χ3v) is 3.86. The summed E-state index contributed by atoms with van der Waals surface area (Å²) in [7, 11) is -0.109. The van der Waals surface area contributed by atoms with E-state index in [-0.39, 0.29) is 10.8 Å². The molecule has 1 aromatic heterocycles. The van der Waals surface area contributed by atoms with Crippen LogP contribution in [0.25, 0.3) is 0 Å². The highest BCUT2D eigenvalue weighted by Gasteiger charge is 2.15. The quantitative estimate of drug-likeness (QED) is 0.813. The van der Waals surface area contributed by atoms with Crippen LogP contribution in [0.5, 0.6) is 0 Å². The lowest BCUT2D eigenvalue weighted by Crippen LogP contribution is -2.17. The van der Waals surface area contributed by atoms with Crippen molar-refractivity contribution in [2.45, 2.75) is 4.90 Å². The van der Waals surface area contributed by atoms with E-state index in [2.05, 4.69) is 14.7 Å². The number of sulfonamides is 1. The minimum absolute atomic E-state index is 0.0213. The van der Waals surface area contributed by atoms with E-state index in [1.165, 1.54) is 30.5 Å². The molecule has 0 aliphatic rings. The van der Waals surface area contributed by atoms with Gasteiger partial charge in [-0.15, -0.1) is 0 Å². The summed E-state index contributed by atoms with van der Waals surface area (Å²) in [6, 6.07) is 7.57. The topological polar surface area (TPSA) is 101 Å². The van der Waals surface area contributed by atoms with E-state index in [4.69, 9.17) is 5.73 Å². The summed E-state index contributed by atoms with van der Waals surface area (Å²) in [5, 5.41) is 0. The molecule has 1 heterocycles. The highest BCUT2D eigenvalue weighted by molar-refractivity contribution is 7.92. The largest absolute Gasteiger partial charge is 0.399 e. The lowest BCUT2D eigenvalue weighted by atomic mass is 10.3. The van der Waals surface area contributed by atoms with Crippen LogP contribution in [0, 0.1) is 0 Å². The fraction of sp³-hybridized carbons (Fsp3) is 0.167. The molecule has 7 nitrogen and oxygen atoms in total. The summed E-state index contributed by atoms with van der Waals surface area (Å²) in [4.78, 5) is 9.85. The van der Waals surface area contributed by atoms with Gasteiger partial charge in [-0.2, -0.15) is 4.98 Å². The van der Waals surface area contributed by atoms with Gasteiger partial charge in [0, 0.05) is 26.0 Å². The number of nitrogen functional groups attached to an aromatic ring is 1. The molecule has 0 aliphatic carbocycles. The van der Waals surface area contributed by atoms with Crippen molar-refractivity contribution in [3.63, 3.8) is 0 Å². The van der Waals surface area contributed by atoms with E-state index in [0.29, 0.717) is 11.5 Å². The molecule has 2 aromatic rings. The third kappa shape index (κ3) is 3.15. The highest BCUT2D eigenvalue weighted by Crippen LogP contribution is 2.16. The Morgan fingerprint density at radius 2 is 1.80 bits per heavy atom. The summed E-state index contributed by atoms with van der Waals surface area (Å²) in [6.07, 6.45) is 1.49. The van der Waals surface area contributed by atoms with Gasteiger partial charge in [-0.1, -0.05) is 0 Å². The predicted octanol–water partition coefficient (Wildman–Crippen LogP) is 0.926. The van der Waals surface area contributed by atoms with Crippen molar-refractivity contribution in [1.82, 2.24) is 9.97 Å². The van der Waals surface area contributed by atoms with Gasteiger partial charge < -0.3 is 10.6 Å². The van der Waals surface area contributed by atoms with Gasteiger partial charge >= 0.3 is 0 Å². The first kappa shape index (κ1) is 14.1. The van der Waals surface area contributed by atoms with Gasteiger partial charge in [-0.3, -0.25) is 0 Å². The number of benzene rings is 1. The number of nitrogens with two attached hydrogens (primary N) is 1. The Hall–Kier alpha value is -2.35. The molecule has 8 heteroatoms. The van der Waals surface area contributed by atoms with Crippen LogP contribution in [0.2, 0.25) is 0 Å². The molecular weight excluding hydrogens is 278 g/mol. The zero-order chi connectivity index (χ0) is 14.8. The Morgan fingerprint density at radius 1 is 1.15 bits per heavy atom. The molecule has 0 spiro atoms. The minimum Gasteiger partial charge on any atom is -0.399 e. The SMILES string of the molecule is CN(C)c1ccnc(NS(=O)(=O)c2ccc(N)cc2)n1. The van der Waals surface area contributed by atoms with Gasteiger partial charge in [0.1, 0.15) is 5.82 Å². The fourth-order valence-electron chi connectivity index (χ4n) is 1.47. The first-order valence-electron chi connectivity index (χ1n) is 5.77. The van der Waals surface area contributed by atoms with E-state index in [1.807, 2.05) is 0 Å². The summed E-state index contributed by atoms with van der Waals surface area (Å²) in [5.41, 5.74) is 6.03. The molecule has 2 rings (SSSR count).